The number of imide groups is 1. The van der Waals surface area contributed by atoms with Gasteiger partial charge in [-0.15, -0.1) is 0 Å². The van der Waals surface area contributed by atoms with Crippen molar-refractivity contribution in [3.8, 4) is 5.75 Å². The molecule has 4 amide bonds. The number of anilines is 2. The van der Waals surface area contributed by atoms with Gasteiger partial charge in [-0.1, -0.05) is 23.8 Å². The first-order valence-electron chi connectivity index (χ1n) is 10.6. The highest BCUT2D eigenvalue weighted by Crippen LogP contribution is 2.36. The van der Waals surface area contributed by atoms with E-state index in [0.717, 1.165) is 5.56 Å². The third kappa shape index (κ3) is 4.91. The summed E-state index contributed by atoms with van der Waals surface area (Å²) >= 11 is 0. The van der Waals surface area contributed by atoms with Crippen LogP contribution in [0.2, 0.25) is 0 Å². The first-order chi connectivity index (χ1) is 16.6. The van der Waals surface area contributed by atoms with Gasteiger partial charge in [-0.3, -0.25) is 14.9 Å². The van der Waals surface area contributed by atoms with Gasteiger partial charge in [-0.25, -0.2) is 9.59 Å². The van der Waals surface area contributed by atoms with Gasteiger partial charge in [-0.05, 0) is 51.1 Å². The average molecular weight is 474 g/mol. The van der Waals surface area contributed by atoms with Crippen molar-refractivity contribution in [3.63, 3.8) is 0 Å². The topological polar surface area (TPSA) is 150 Å². The SMILES string of the molecule is Cc1ccc(C(=O)NC(=O)Nc2ccc3c(c2)NC(=O)/C3=C\c2[nH]c(C)c(OC(=O)O)c2C)cc1. The monoisotopic (exact) mass is 474 g/mol. The molecule has 0 spiro atoms. The smallest absolute Gasteiger partial charge is 0.449 e. The summed E-state index contributed by atoms with van der Waals surface area (Å²) in [5.74, 6) is -0.706. The van der Waals surface area contributed by atoms with Crippen molar-refractivity contribution in [2.75, 3.05) is 10.6 Å². The van der Waals surface area contributed by atoms with Crippen molar-refractivity contribution in [1.29, 1.82) is 0 Å². The molecule has 35 heavy (non-hydrogen) atoms. The number of amides is 4. The number of rotatable bonds is 4. The van der Waals surface area contributed by atoms with Gasteiger partial charge >= 0.3 is 12.2 Å². The number of ether oxygens (including phenoxy) is 1. The molecule has 0 saturated heterocycles. The van der Waals surface area contributed by atoms with Crippen molar-refractivity contribution in [2.24, 2.45) is 0 Å². The van der Waals surface area contributed by atoms with E-state index in [4.69, 9.17) is 9.84 Å². The van der Waals surface area contributed by atoms with Crippen LogP contribution in [0.15, 0.2) is 42.5 Å². The maximum absolute atomic E-state index is 12.6. The lowest BCUT2D eigenvalue weighted by atomic mass is 10.0. The summed E-state index contributed by atoms with van der Waals surface area (Å²) < 4.78 is 4.82. The summed E-state index contributed by atoms with van der Waals surface area (Å²) in [4.78, 5) is 51.1. The molecule has 2 aromatic carbocycles. The normalized spacial score (nSPS) is 13.2. The summed E-state index contributed by atoms with van der Waals surface area (Å²) in [6.07, 6.45) is 0.182. The number of aryl methyl sites for hydroxylation is 2. The number of hydrogen-bond acceptors (Lipinski definition) is 5. The fraction of sp³-hybridized carbons (Fsp3) is 0.120. The summed E-state index contributed by atoms with van der Waals surface area (Å²) in [5.41, 5.74) is 4.76. The Morgan fingerprint density at radius 2 is 1.74 bits per heavy atom. The van der Waals surface area contributed by atoms with E-state index in [-0.39, 0.29) is 11.7 Å². The van der Waals surface area contributed by atoms with Gasteiger partial charge in [0.1, 0.15) is 0 Å². The number of carbonyl (C=O) groups excluding carboxylic acids is 3. The number of nitrogens with one attached hydrogen (secondary N) is 4. The van der Waals surface area contributed by atoms with Gasteiger partial charge in [0.05, 0.1) is 17.0 Å². The van der Waals surface area contributed by atoms with E-state index in [2.05, 4.69) is 20.9 Å². The molecule has 1 aliphatic heterocycles. The fourth-order valence-corrected chi connectivity index (χ4v) is 3.74. The van der Waals surface area contributed by atoms with Crippen LogP contribution in [0.25, 0.3) is 11.6 Å². The van der Waals surface area contributed by atoms with Crippen LogP contribution in [0.3, 0.4) is 0 Å². The second-order valence-electron chi connectivity index (χ2n) is 8.03. The van der Waals surface area contributed by atoms with Gasteiger partial charge in [0, 0.05) is 28.1 Å². The van der Waals surface area contributed by atoms with E-state index in [1.54, 1.807) is 62.4 Å². The van der Waals surface area contributed by atoms with E-state index >= 15 is 0 Å². The Balaban J connectivity index is 1.51. The lowest BCUT2D eigenvalue weighted by Gasteiger charge is -2.08. The number of hydrogen-bond donors (Lipinski definition) is 5. The van der Waals surface area contributed by atoms with Crippen molar-refractivity contribution in [1.82, 2.24) is 10.3 Å². The standard InChI is InChI=1S/C25H22N4O6/c1-12-4-6-15(7-5-12)22(30)29-24(32)27-16-8-9-17-18(23(31)28-20(17)10-16)11-19-13(2)21(14(3)26-19)35-25(33)34/h4-11,26H,1-3H3,(H,28,31)(H,33,34)(H2,27,29,30,32)/b18-11-. The fourth-order valence-electron chi connectivity index (χ4n) is 3.74. The van der Waals surface area contributed by atoms with E-state index in [9.17, 15) is 19.2 Å². The number of urea groups is 1. The Labute approximate surface area is 200 Å². The Bertz CT molecular complexity index is 1400. The quantitative estimate of drug-likeness (QED) is 0.278. The number of H-pyrrole nitrogens is 1. The van der Waals surface area contributed by atoms with Crippen LogP contribution in [-0.4, -0.2) is 34.1 Å². The van der Waals surface area contributed by atoms with Crippen LogP contribution in [0.5, 0.6) is 5.75 Å². The van der Waals surface area contributed by atoms with Crippen molar-refractivity contribution < 1.29 is 29.0 Å². The molecular formula is C25H22N4O6. The molecule has 10 heteroatoms. The minimum absolute atomic E-state index is 0.189. The zero-order valence-corrected chi connectivity index (χ0v) is 19.1. The van der Waals surface area contributed by atoms with E-state index in [0.29, 0.717) is 45.0 Å². The van der Waals surface area contributed by atoms with E-state index in [1.165, 1.54) is 0 Å². The second-order valence-corrected chi connectivity index (χ2v) is 8.03. The number of carbonyl (C=O) groups is 4. The first-order valence-corrected chi connectivity index (χ1v) is 10.6. The lowest BCUT2D eigenvalue weighted by Crippen LogP contribution is -2.34. The third-order valence-corrected chi connectivity index (χ3v) is 5.49. The van der Waals surface area contributed by atoms with Gasteiger partial charge in [0.25, 0.3) is 11.8 Å². The average Bonchev–Trinajstić information content (AvgIpc) is 3.23. The molecule has 3 aromatic rings. The predicted molar refractivity (Wildman–Crippen MR) is 130 cm³/mol. The molecule has 0 bridgehead atoms. The third-order valence-electron chi connectivity index (χ3n) is 5.49. The highest BCUT2D eigenvalue weighted by molar-refractivity contribution is 6.35. The molecule has 1 aromatic heterocycles. The molecule has 4 rings (SSSR count). The maximum atomic E-state index is 12.6. The van der Waals surface area contributed by atoms with E-state index in [1.807, 2.05) is 6.92 Å². The van der Waals surface area contributed by atoms with Crippen molar-refractivity contribution >= 4 is 47.0 Å². The maximum Gasteiger partial charge on any atom is 0.511 e. The first kappa shape index (κ1) is 23.3. The molecule has 10 nitrogen and oxygen atoms in total. The Hall–Kier alpha value is -4.86. The van der Waals surface area contributed by atoms with Crippen LogP contribution < -0.4 is 20.7 Å². The zero-order chi connectivity index (χ0) is 25.3. The molecule has 0 aliphatic carbocycles. The van der Waals surface area contributed by atoms with Gasteiger partial charge in [0.15, 0.2) is 5.75 Å². The van der Waals surface area contributed by atoms with Crippen LogP contribution in [0.1, 0.15) is 38.4 Å². The van der Waals surface area contributed by atoms with Crippen LogP contribution in [0, 0.1) is 20.8 Å². The van der Waals surface area contributed by atoms with Gasteiger partial charge < -0.3 is 25.5 Å². The molecule has 0 unspecified atom stereocenters. The van der Waals surface area contributed by atoms with Crippen LogP contribution in [0.4, 0.5) is 21.0 Å². The summed E-state index contributed by atoms with van der Waals surface area (Å²) in [7, 11) is 0. The Morgan fingerprint density at radius 3 is 2.43 bits per heavy atom. The van der Waals surface area contributed by atoms with E-state index < -0.39 is 18.1 Å². The van der Waals surface area contributed by atoms with Crippen molar-refractivity contribution in [3.05, 3.63) is 76.1 Å². The largest absolute Gasteiger partial charge is 0.511 e. The minimum atomic E-state index is -1.43. The van der Waals surface area contributed by atoms with Gasteiger partial charge in [-0.2, -0.15) is 0 Å². The van der Waals surface area contributed by atoms with Gasteiger partial charge in [0.2, 0.25) is 0 Å². The molecule has 2 heterocycles. The highest BCUT2D eigenvalue weighted by atomic mass is 16.7. The summed E-state index contributed by atoms with van der Waals surface area (Å²) in [6, 6.07) is 10.9. The van der Waals surface area contributed by atoms with Crippen LogP contribution in [-0.2, 0) is 4.79 Å². The molecule has 0 atom stereocenters. The number of benzene rings is 2. The molecule has 0 saturated carbocycles. The summed E-state index contributed by atoms with van der Waals surface area (Å²) in [5, 5.41) is 16.5. The number of aromatic amines is 1. The summed E-state index contributed by atoms with van der Waals surface area (Å²) in [6.45, 7) is 5.25. The highest BCUT2D eigenvalue weighted by Gasteiger charge is 2.26. The number of carboxylic acid groups (broad SMARTS) is 1. The van der Waals surface area contributed by atoms with Crippen LogP contribution >= 0.6 is 0 Å². The molecule has 0 fully saturated rings. The predicted octanol–water partition coefficient (Wildman–Crippen LogP) is 4.45. The Kier molecular flexibility index (Phi) is 6.11. The Morgan fingerprint density at radius 1 is 1.03 bits per heavy atom. The number of aromatic nitrogens is 1. The zero-order valence-electron chi connectivity index (χ0n) is 19.1. The molecule has 178 valence electrons. The second kappa shape index (κ2) is 9.18. The lowest BCUT2D eigenvalue weighted by molar-refractivity contribution is -0.110. The molecule has 5 N–H and O–H groups in total. The molecule has 0 radical (unpaired) electrons. The molecular weight excluding hydrogens is 452 g/mol. The number of fused-ring (bicyclic) bond motifs is 1. The van der Waals surface area contributed by atoms with Crippen molar-refractivity contribution in [2.45, 2.75) is 20.8 Å². The molecule has 1 aliphatic rings. The minimum Gasteiger partial charge on any atom is -0.449 e.